The van der Waals surface area contributed by atoms with E-state index in [1.807, 2.05) is 66.0 Å². The fraction of sp³-hybridized carbons (Fsp3) is 0.130. The van der Waals surface area contributed by atoms with Gasteiger partial charge in [-0.15, -0.1) is 11.3 Å². The van der Waals surface area contributed by atoms with Gasteiger partial charge in [0, 0.05) is 10.9 Å². The summed E-state index contributed by atoms with van der Waals surface area (Å²) in [6.07, 6.45) is 0.128. The van der Waals surface area contributed by atoms with Crippen LogP contribution in [-0.2, 0) is 16.0 Å². The van der Waals surface area contributed by atoms with E-state index in [4.69, 9.17) is 10.7 Å². The van der Waals surface area contributed by atoms with Gasteiger partial charge in [-0.3, -0.25) is 9.59 Å². The molecular formula is C23H20N4O2S3. The highest BCUT2D eigenvalue weighted by molar-refractivity contribution is 8.02. The first-order valence-corrected chi connectivity index (χ1v) is 12.4. The number of anilines is 1. The second-order valence-corrected chi connectivity index (χ2v) is 10.4. The molecule has 1 unspecified atom stereocenters. The van der Waals surface area contributed by atoms with Gasteiger partial charge in [-0.05, 0) is 12.5 Å². The quantitative estimate of drug-likeness (QED) is 0.343. The van der Waals surface area contributed by atoms with E-state index in [0.29, 0.717) is 15.2 Å². The summed E-state index contributed by atoms with van der Waals surface area (Å²) in [6.45, 7) is 1.73. The fourth-order valence-electron chi connectivity index (χ4n) is 2.91. The van der Waals surface area contributed by atoms with E-state index in [1.54, 1.807) is 6.92 Å². The number of carbonyl (C=O) groups is 2. The Morgan fingerprint density at radius 1 is 1.03 bits per heavy atom. The summed E-state index contributed by atoms with van der Waals surface area (Å²) in [5.74, 6) is -0.584. The lowest BCUT2D eigenvalue weighted by Crippen LogP contribution is -2.22. The number of aromatic nitrogens is 2. The van der Waals surface area contributed by atoms with E-state index in [2.05, 4.69) is 10.3 Å². The van der Waals surface area contributed by atoms with Crippen molar-refractivity contribution < 1.29 is 9.59 Å². The third kappa shape index (κ3) is 5.42. The number of hydrogen-bond donors (Lipinski definition) is 2. The van der Waals surface area contributed by atoms with Gasteiger partial charge in [0.25, 0.3) is 0 Å². The zero-order chi connectivity index (χ0) is 22.5. The lowest BCUT2D eigenvalue weighted by atomic mass is 10.1. The summed E-state index contributed by atoms with van der Waals surface area (Å²) in [5, 5.41) is 4.90. The average Bonchev–Trinajstić information content (AvgIpc) is 3.41. The Balaban J connectivity index is 1.51. The molecule has 0 saturated heterocycles. The number of nitrogens with two attached hydrogens (primary N) is 1. The number of thiazole rings is 2. The Kier molecular flexibility index (Phi) is 6.99. The lowest BCUT2D eigenvalue weighted by molar-refractivity contribution is -0.117. The van der Waals surface area contributed by atoms with Gasteiger partial charge in [0.05, 0.1) is 27.9 Å². The fourth-order valence-corrected chi connectivity index (χ4v) is 5.85. The first-order chi connectivity index (χ1) is 15.5. The van der Waals surface area contributed by atoms with Gasteiger partial charge in [-0.1, -0.05) is 83.8 Å². The Labute approximate surface area is 197 Å². The maximum absolute atomic E-state index is 12.7. The number of hydrogen-bond acceptors (Lipinski definition) is 7. The van der Waals surface area contributed by atoms with E-state index in [9.17, 15) is 9.59 Å². The number of rotatable bonds is 8. The van der Waals surface area contributed by atoms with Crippen molar-refractivity contribution in [2.24, 2.45) is 5.73 Å². The molecule has 0 bridgehead atoms. The van der Waals surface area contributed by atoms with Crippen LogP contribution in [0.3, 0.4) is 0 Å². The van der Waals surface area contributed by atoms with Crippen molar-refractivity contribution in [3.63, 3.8) is 0 Å². The number of benzene rings is 2. The van der Waals surface area contributed by atoms with Crippen LogP contribution in [-0.4, -0.2) is 27.0 Å². The minimum Gasteiger partial charge on any atom is -0.369 e. The molecular weight excluding hydrogens is 460 g/mol. The highest BCUT2D eigenvalue weighted by atomic mass is 32.2. The van der Waals surface area contributed by atoms with Gasteiger partial charge < -0.3 is 11.1 Å². The van der Waals surface area contributed by atoms with Crippen LogP contribution in [0.5, 0.6) is 0 Å². The zero-order valence-corrected chi connectivity index (χ0v) is 19.6. The number of amides is 2. The van der Waals surface area contributed by atoms with Crippen molar-refractivity contribution in [2.75, 3.05) is 5.32 Å². The summed E-state index contributed by atoms with van der Waals surface area (Å²) >= 11 is 4.14. The number of nitrogens with zero attached hydrogens (tertiary/aromatic N) is 2. The summed E-state index contributed by atoms with van der Waals surface area (Å²) in [6, 6.07) is 19.9. The van der Waals surface area contributed by atoms with Gasteiger partial charge in [-0.2, -0.15) is 0 Å². The number of carbonyl (C=O) groups excluding carboxylic acids is 2. The molecule has 0 radical (unpaired) electrons. The molecule has 0 aliphatic carbocycles. The molecule has 0 aliphatic rings. The van der Waals surface area contributed by atoms with Crippen LogP contribution >= 0.6 is 34.4 Å². The Bertz CT molecular complexity index is 1170. The van der Waals surface area contributed by atoms with Gasteiger partial charge in [0.1, 0.15) is 0 Å². The SMILES string of the molecule is CC(Sc1nc(CC(=O)Nc2nc(-c3ccccc3)c(-c3ccccc3)s2)cs1)C(N)=O. The molecule has 32 heavy (non-hydrogen) atoms. The molecule has 2 aromatic carbocycles. The van der Waals surface area contributed by atoms with E-state index in [-0.39, 0.29) is 17.6 Å². The van der Waals surface area contributed by atoms with Crippen LogP contribution in [0.4, 0.5) is 5.13 Å². The summed E-state index contributed by atoms with van der Waals surface area (Å²) in [5.41, 5.74) is 8.83. The third-order valence-corrected chi connectivity index (χ3v) is 7.67. The van der Waals surface area contributed by atoms with Crippen LogP contribution < -0.4 is 11.1 Å². The van der Waals surface area contributed by atoms with Crippen molar-refractivity contribution in [1.29, 1.82) is 0 Å². The van der Waals surface area contributed by atoms with Crippen LogP contribution in [0.1, 0.15) is 12.6 Å². The van der Waals surface area contributed by atoms with Gasteiger partial charge in [0.2, 0.25) is 11.8 Å². The zero-order valence-electron chi connectivity index (χ0n) is 17.1. The molecule has 2 amide bonds. The molecule has 9 heteroatoms. The average molecular weight is 481 g/mol. The van der Waals surface area contributed by atoms with Gasteiger partial charge >= 0.3 is 0 Å². The predicted octanol–water partition coefficient (Wildman–Crippen LogP) is 5.08. The first-order valence-electron chi connectivity index (χ1n) is 9.81. The molecule has 4 aromatic rings. The predicted molar refractivity (Wildman–Crippen MR) is 132 cm³/mol. The molecule has 0 aliphatic heterocycles. The third-order valence-electron chi connectivity index (χ3n) is 4.51. The number of nitrogens with one attached hydrogen (secondary N) is 1. The number of thioether (sulfide) groups is 1. The molecule has 3 N–H and O–H groups in total. The molecule has 162 valence electrons. The smallest absolute Gasteiger partial charge is 0.232 e. The lowest BCUT2D eigenvalue weighted by Gasteiger charge is -2.02. The van der Waals surface area contributed by atoms with Crippen molar-refractivity contribution in [3.8, 4) is 21.7 Å². The molecule has 0 fully saturated rings. The molecule has 0 spiro atoms. The molecule has 2 aromatic heterocycles. The van der Waals surface area contributed by atoms with E-state index in [0.717, 1.165) is 21.7 Å². The standard InChI is InChI=1S/C23H20N4O2S3/c1-14(21(24)29)31-23-25-17(13-30-23)12-18(28)26-22-27-19(15-8-4-2-5-9-15)20(32-22)16-10-6-3-7-11-16/h2-11,13-14H,12H2,1H3,(H2,24,29)(H,26,27,28). The largest absolute Gasteiger partial charge is 0.369 e. The topological polar surface area (TPSA) is 98.0 Å². The first kappa shape index (κ1) is 22.2. The van der Waals surface area contributed by atoms with Crippen LogP contribution in [0.15, 0.2) is 70.4 Å². The minimum atomic E-state index is -0.392. The van der Waals surface area contributed by atoms with E-state index in [1.165, 1.54) is 34.4 Å². The van der Waals surface area contributed by atoms with Crippen molar-refractivity contribution in [3.05, 3.63) is 71.7 Å². The number of primary amides is 1. The normalized spacial score (nSPS) is 11.8. The van der Waals surface area contributed by atoms with E-state index >= 15 is 0 Å². The highest BCUT2D eigenvalue weighted by Crippen LogP contribution is 2.39. The second-order valence-electron chi connectivity index (χ2n) is 6.92. The minimum absolute atomic E-state index is 0.128. The van der Waals surface area contributed by atoms with Crippen molar-refractivity contribution in [1.82, 2.24) is 9.97 Å². The van der Waals surface area contributed by atoms with Crippen molar-refractivity contribution >= 4 is 51.4 Å². The van der Waals surface area contributed by atoms with Crippen LogP contribution in [0.2, 0.25) is 0 Å². The maximum atomic E-state index is 12.7. The molecule has 4 rings (SSSR count). The second kappa shape index (κ2) is 10.1. The summed E-state index contributed by atoms with van der Waals surface area (Å²) < 4.78 is 0.714. The summed E-state index contributed by atoms with van der Waals surface area (Å²) in [7, 11) is 0. The Morgan fingerprint density at radius 2 is 1.69 bits per heavy atom. The molecule has 1 atom stereocenters. The van der Waals surface area contributed by atoms with Crippen LogP contribution in [0, 0.1) is 0 Å². The van der Waals surface area contributed by atoms with Crippen LogP contribution in [0.25, 0.3) is 21.7 Å². The van der Waals surface area contributed by atoms with Crippen molar-refractivity contribution in [2.45, 2.75) is 22.9 Å². The van der Waals surface area contributed by atoms with Gasteiger partial charge in [-0.25, -0.2) is 9.97 Å². The van der Waals surface area contributed by atoms with E-state index < -0.39 is 5.91 Å². The maximum Gasteiger partial charge on any atom is 0.232 e. The molecule has 6 nitrogen and oxygen atoms in total. The molecule has 2 heterocycles. The molecule has 0 saturated carbocycles. The van der Waals surface area contributed by atoms with Gasteiger partial charge in [0.15, 0.2) is 9.47 Å². The highest BCUT2D eigenvalue weighted by Gasteiger charge is 2.18. The monoisotopic (exact) mass is 480 g/mol. The summed E-state index contributed by atoms with van der Waals surface area (Å²) in [4.78, 5) is 34.0. The Morgan fingerprint density at radius 3 is 2.34 bits per heavy atom. The Hall–Kier alpha value is -3.01.